The molecule has 18 heavy (non-hydrogen) atoms. The van der Waals surface area contributed by atoms with Crippen molar-refractivity contribution in [3.8, 4) is 0 Å². The van der Waals surface area contributed by atoms with Crippen molar-refractivity contribution in [2.24, 2.45) is 11.3 Å². The van der Waals surface area contributed by atoms with Crippen LogP contribution in [0.4, 0.5) is 4.39 Å². The third kappa shape index (κ3) is 3.46. The van der Waals surface area contributed by atoms with Gasteiger partial charge in [-0.15, -0.1) is 0 Å². The maximum absolute atomic E-state index is 13.8. The van der Waals surface area contributed by atoms with Crippen molar-refractivity contribution in [2.45, 2.75) is 33.1 Å². The zero-order chi connectivity index (χ0) is 13.2. The Kier molecular flexibility index (Phi) is 4.29. The highest BCUT2D eigenvalue weighted by atomic mass is 35.5. The average Bonchev–Trinajstić information content (AvgIpc) is 3.04. The second-order valence-electron chi connectivity index (χ2n) is 5.90. The molecule has 1 aromatic rings. The number of hydrogen-bond acceptors (Lipinski definition) is 1. The van der Waals surface area contributed by atoms with Gasteiger partial charge in [-0.1, -0.05) is 31.5 Å². The smallest absolute Gasteiger partial charge is 0.127 e. The molecule has 1 aromatic carbocycles. The standard InChI is InChI=1S/C15H21ClFN/c1-11(2)9-18-10-15(6-7-15)8-12-13(16)4-3-5-14(12)17/h3-5,11,18H,6-10H2,1-2H3. The molecule has 1 fully saturated rings. The Hall–Kier alpha value is -0.600. The molecule has 0 unspecified atom stereocenters. The molecule has 1 nitrogen and oxygen atoms in total. The third-order valence-corrected chi connectivity index (χ3v) is 3.98. The minimum Gasteiger partial charge on any atom is -0.316 e. The molecule has 1 aliphatic carbocycles. The lowest BCUT2D eigenvalue weighted by atomic mass is 9.95. The lowest BCUT2D eigenvalue weighted by Crippen LogP contribution is -2.28. The van der Waals surface area contributed by atoms with E-state index in [0.717, 1.165) is 19.5 Å². The molecule has 0 spiro atoms. The summed E-state index contributed by atoms with van der Waals surface area (Å²) >= 11 is 6.09. The van der Waals surface area contributed by atoms with Gasteiger partial charge in [0, 0.05) is 17.1 Å². The number of nitrogens with one attached hydrogen (secondary N) is 1. The fourth-order valence-electron chi connectivity index (χ4n) is 2.30. The minimum atomic E-state index is -0.169. The van der Waals surface area contributed by atoms with Crippen LogP contribution in [-0.4, -0.2) is 13.1 Å². The third-order valence-electron chi connectivity index (χ3n) is 3.62. The fraction of sp³-hybridized carbons (Fsp3) is 0.600. The second kappa shape index (κ2) is 5.58. The first-order chi connectivity index (χ1) is 8.52. The number of halogens is 2. The van der Waals surface area contributed by atoms with E-state index in [0.29, 0.717) is 16.5 Å². The second-order valence-corrected chi connectivity index (χ2v) is 6.31. The summed E-state index contributed by atoms with van der Waals surface area (Å²) < 4.78 is 13.8. The Morgan fingerprint density at radius 1 is 1.39 bits per heavy atom. The molecule has 0 heterocycles. The van der Waals surface area contributed by atoms with Gasteiger partial charge in [0.15, 0.2) is 0 Å². The van der Waals surface area contributed by atoms with Gasteiger partial charge in [-0.05, 0) is 49.3 Å². The van der Waals surface area contributed by atoms with E-state index in [1.807, 2.05) is 0 Å². The molecule has 0 amide bonds. The van der Waals surface area contributed by atoms with Gasteiger partial charge >= 0.3 is 0 Å². The van der Waals surface area contributed by atoms with Gasteiger partial charge in [-0.25, -0.2) is 4.39 Å². The molecular formula is C15H21ClFN. The van der Waals surface area contributed by atoms with Crippen molar-refractivity contribution >= 4 is 11.6 Å². The highest BCUT2D eigenvalue weighted by molar-refractivity contribution is 6.31. The van der Waals surface area contributed by atoms with Crippen LogP contribution in [0, 0.1) is 17.2 Å². The summed E-state index contributed by atoms with van der Waals surface area (Å²) in [5.41, 5.74) is 0.920. The van der Waals surface area contributed by atoms with E-state index < -0.39 is 0 Å². The van der Waals surface area contributed by atoms with E-state index in [1.54, 1.807) is 12.1 Å². The van der Waals surface area contributed by atoms with Crippen LogP contribution in [-0.2, 0) is 6.42 Å². The Morgan fingerprint density at radius 3 is 2.67 bits per heavy atom. The summed E-state index contributed by atoms with van der Waals surface area (Å²) in [5.74, 6) is 0.482. The highest BCUT2D eigenvalue weighted by Crippen LogP contribution is 2.48. The predicted molar refractivity (Wildman–Crippen MR) is 74.5 cm³/mol. The van der Waals surface area contributed by atoms with Crippen molar-refractivity contribution in [3.05, 3.63) is 34.6 Å². The molecule has 1 N–H and O–H groups in total. The topological polar surface area (TPSA) is 12.0 Å². The molecule has 2 rings (SSSR count). The highest BCUT2D eigenvalue weighted by Gasteiger charge is 2.42. The summed E-state index contributed by atoms with van der Waals surface area (Å²) in [6.45, 7) is 6.38. The summed E-state index contributed by atoms with van der Waals surface area (Å²) in [6, 6.07) is 4.94. The number of rotatable bonds is 6. The predicted octanol–water partition coefficient (Wildman–Crippen LogP) is 4.05. The quantitative estimate of drug-likeness (QED) is 0.822. The number of hydrogen-bond donors (Lipinski definition) is 1. The van der Waals surface area contributed by atoms with E-state index in [-0.39, 0.29) is 11.2 Å². The van der Waals surface area contributed by atoms with Crippen LogP contribution in [0.2, 0.25) is 5.02 Å². The maximum atomic E-state index is 13.8. The fourth-order valence-corrected chi connectivity index (χ4v) is 2.52. The van der Waals surface area contributed by atoms with E-state index >= 15 is 0 Å². The van der Waals surface area contributed by atoms with Gasteiger partial charge < -0.3 is 5.32 Å². The van der Waals surface area contributed by atoms with Gasteiger partial charge in [0.25, 0.3) is 0 Å². The van der Waals surface area contributed by atoms with Crippen molar-refractivity contribution < 1.29 is 4.39 Å². The zero-order valence-electron chi connectivity index (χ0n) is 11.1. The molecule has 100 valence electrons. The molecule has 0 bridgehead atoms. The molecule has 0 aromatic heterocycles. The molecule has 1 saturated carbocycles. The summed E-state index contributed by atoms with van der Waals surface area (Å²) in [6.07, 6.45) is 3.09. The SMILES string of the molecule is CC(C)CNCC1(Cc2c(F)cccc2Cl)CC1. The molecule has 3 heteroatoms. The lowest BCUT2D eigenvalue weighted by Gasteiger charge is -2.18. The van der Waals surface area contributed by atoms with Crippen LogP contribution in [0.5, 0.6) is 0 Å². The van der Waals surface area contributed by atoms with Gasteiger partial charge in [-0.3, -0.25) is 0 Å². The Morgan fingerprint density at radius 2 is 2.11 bits per heavy atom. The van der Waals surface area contributed by atoms with Gasteiger partial charge in [-0.2, -0.15) is 0 Å². The molecule has 0 radical (unpaired) electrons. The van der Waals surface area contributed by atoms with Crippen LogP contribution in [0.3, 0.4) is 0 Å². The summed E-state index contributed by atoms with van der Waals surface area (Å²) in [4.78, 5) is 0. The zero-order valence-corrected chi connectivity index (χ0v) is 11.9. The molecular weight excluding hydrogens is 249 g/mol. The van der Waals surface area contributed by atoms with Crippen molar-refractivity contribution in [1.82, 2.24) is 5.32 Å². The van der Waals surface area contributed by atoms with E-state index in [9.17, 15) is 4.39 Å². The van der Waals surface area contributed by atoms with Crippen molar-refractivity contribution in [3.63, 3.8) is 0 Å². The first-order valence-electron chi connectivity index (χ1n) is 6.66. The summed E-state index contributed by atoms with van der Waals surface area (Å²) in [7, 11) is 0. The molecule has 0 aliphatic heterocycles. The molecule has 1 aliphatic rings. The lowest BCUT2D eigenvalue weighted by molar-refractivity contribution is 0.425. The average molecular weight is 270 g/mol. The van der Waals surface area contributed by atoms with Gasteiger partial charge in [0.1, 0.15) is 5.82 Å². The van der Waals surface area contributed by atoms with Crippen molar-refractivity contribution in [1.29, 1.82) is 0 Å². The van der Waals surface area contributed by atoms with Crippen LogP contribution in [0.1, 0.15) is 32.3 Å². The normalized spacial score (nSPS) is 17.2. The van der Waals surface area contributed by atoms with Crippen LogP contribution < -0.4 is 5.32 Å². The van der Waals surface area contributed by atoms with Crippen LogP contribution >= 0.6 is 11.6 Å². The molecule has 0 atom stereocenters. The Balaban J connectivity index is 1.96. The van der Waals surface area contributed by atoms with E-state index in [4.69, 9.17) is 11.6 Å². The van der Waals surface area contributed by atoms with Crippen LogP contribution in [0.25, 0.3) is 0 Å². The van der Waals surface area contributed by atoms with Crippen molar-refractivity contribution in [2.75, 3.05) is 13.1 Å². The first-order valence-corrected chi connectivity index (χ1v) is 7.04. The summed E-state index contributed by atoms with van der Waals surface area (Å²) in [5, 5.41) is 4.04. The van der Waals surface area contributed by atoms with Gasteiger partial charge in [0.2, 0.25) is 0 Å². The monoisotopic (exact) mass is 269 g/mol. The first kappa shape index (κ1) is 13.8. The number of benzene rings is 1. The largest absolute Gasteiger partial charge is 0.316 e. The Labute approximate surface area is 114 Å². The van der Waals surface area contributed by atoms with E-state index in [2.05, 4.69) is 19.2 Å². The van der Waals surface area contributed by atoms with Crippen LogP contribution in [0.15, 0.2) is 18.2 Å². The Bertz CT molecular complexity index is 393. The minimum absolute atomic E-state index is 0.169. The molecule has 0 saturated heterocycles. The van der Waals surface area contributed by atoms with E-state index in [1.165, 1.54) is 18.9 Å². The maximum Gasteiger partial charge on any atom is 0.127 e. The van der Waals surface area contributed by atoms with Gasteiger partial charge in [0.05, 0.1) is 0 Å².